The number of nitrogens with one attached hydrogen (secondary N) is 1. The molecule has 1 amide bonds. The van der Waals surface area contributed by atoms with Gasteiger partial charge in [-0.1, -0.05) is 84.4 Å². The molecule has 0 spiro atoms. The van der Waals surface area contributed by atoms with Gasteiger partial charge in [-0.05, 0) is 87.0 Å². The van der Waals surface area contributed by atoms with Crippen molar-refractivity contribution in [1.29, 1.82) is 0 Å². The van der Waals surface area contributed by atoms with E-state index in [1.165, 1.54) is 11.1 Å². The number of hydrogen-bond acceptors (Lipinski definition) is 6. The van der Waals surface area contributed by atoms with Crippen LogP contribution < -0.4 is 5.32 Å². The number of halogens is 1. The Balaban J connectivity index is 1.07. The van der Waals surface area contributed by atoms with Gasteiger partial charge in [0.15, 0.2) is 0 Å². The molecule has 0 atom stereocenters. The van der Waals surface area contributed by atoms with Crippen LogP contribution in [0.4, 0.5) is 0 Å². The van der Waals surface area contributed by atoms with Crippen LogP contribution in [0.25, 0.3) is 0 Å². The summed E-state index contributed by atoms with van der Waals surface area (Å²) in [6, 6.07) is 29.1. The molecule has 3 aliphatic heterocycles. The summed E-state index contributed by atoms with van der Waals surface area (Å²) in [7, 11) is 0. The van der Waals surface area contributed by atoms with E-state index >= 15 is 0 Å². The Morgan fingerprint density at radius 3 is 1.90 bits per heavy atom. The normalized spacial score (nSPS) is 20.0. The molecule has 0 unspecified atom stereocenters. The van der Waals surface area contributed by atoms with Crippen molar-refractivity contribution in [3.05, 3.63) is 107 Å². The maximum Gasteiger partial charge on any atom is 0.223 e. The van der Waals surface area contributed by atoms with Gasteiger partial charge in [0.25, 0.3) is 0 Å². The molecule has 8 heteroatoms. The highest BCUT2D eigenvalue weighted by Gasteiger charge is 2.37. The van der Waals surface area contributed by atoms with Gasteiger partial charge in [0.05, 0.1) is 18.8 Å². The number of likely N-dealkylation sites (tertiary alicyclic amines) is 2. The highest BCUT2D eigenvalue weighted by Crippen LogP contribution is 2.38. The maximum atomic E-state index is 13.7. The summed E-state index contributed by atoms with van der Waals surface area (Å²) in [5, 5.41) is 15.6. The molecule has 3 saturated heterocycles. The lowest BCUT2D eigenvalue weighted by Crippen LogP contribution is -2.48. The minimum atomic E-state index is -0.803. The fourth-order valence-corrected chi connectivity index (χ4v) is 8.10. The Morgan fingerprint density at radius 1 is 0.771 bits per heavy atom. The van der Waals surface area contributed by atoms with Crippen LogP contribution in [0, 0.1) is 5.92 Å². The molecule has 3 aliphatic rings. The summed E-state index contributed by atoms with van der Waals surface area (Å²) < 4.78 is 5.49. The number of carbonyl (C=O) groups excluding carboxylic acids is 1. The summed E-state index contributed by atoms with van der Waals surface area (Å²) in [6.45, 7) is 11.1. The van der Waals surface area contributed by atoms with Crippen LogP contribution in [0.5, 0.6) is 0 Å². The van der Waals surface area contributed by atoms with Crippen molar-refractivity contribution in [2.75, 3.05) is 78.7 Å². The highest BCUT2D eigenvalue weighted by atomic mass is 35.5. The van der Waals surface area contributed by atoms with Crippen molar-refractivity contribution < 1.29 is 14.6 Å². The summed E-state index contributed by atoms with van der Waals surface area (Å²) in [6.07, 6.45) is 5.14. The number of rotatable bonds is 13. The van der Waals surface area contributed by atoms with E-state index in [9.17, 15) is 9.90 Å². The van der Waals surface area contributed by atoms with Crippen LogP contribution in [0.2, 0.25) is 5.02 Å². The monoisotopic (exact) mass is 672 g/mol. The largest absolute Gasteiger partial charge is 0.385 e. The van der Waals surface area contributed by atoms with Gasteiger partial charge < -0.3 is 25.0 Å². The fraction of sp³-hybridized carbons (Fsp3) is 0.525. The zero-order chi connectivity index (χ0) is 33.2. The van der Waals surface area contributed by atoms with Crippen molar-refractivity contribution >= 4 is 17.5 Å². The van der Waals surface area contributed by atoms with E-state index in [4.69, 9.17) is 16.3 Å². The fourth-order valence-electron chi connectivity index (χ4n) is 7.97. The molecule has 0 aliphatic carbocycles. The number of benzene rings is 3. The molecular weight excluding hydrogens is 620 g/mol. The van der Waals surface area contributed by atoms with E-state index in [0.717, 1.165) is 103 Å². The number of morpholine rings is 1. The molecule has 0 radical (unpaired) electrons. The third-order valence-electron chi connectivity index (χ3n) is 11.2. The molecule has 0 saturated carbocycles. The van der Waals surface area contributed by atoms with Gasteiger partial charge in [0.2, 0.25) is 5.91 Å². The Morgan fingerprint density at radius 2 is 1.31 bits per heavy atom. The van der Waals surface area contributed by atoms with Gasteiger partial charge in [-0.2, -0.15) is 0 Å². The lowest BCUT2D eigenvalue weighted by Gasteiger charge is -2.40. The first-order valence-corrected chi connectivity index (χ1v) is 18.4. The first kappa shape index (κ1) is 35.1. The molecule has 258 valence electrons. The van der Waals surface area contributed by atoms with Crippen molar-refractivity contribution in [3.8, 4) is 0 Å². The van der Waals surface area contributed by atoms with Gasteiger partial charge in [0, 0.05) is 62.2 Å². The zero-order valence-electron chi connectivity index (χ0n) is 28.4. The Bertz CT molecular complexity index is 1360. The lowest BCUT2D eigenvalue weighted by molar-refractivity contribution is -0.126. The Hall–Kier alpha value is -2.78. The second kappa shape index (κ2) is 16.8. The molecule has 3 heterocycles. The van der Waals surface area contributed by atoms with E-state index in [2.05, 4.69) is 80.7 Å². The van der Waals surface area contributed by atoms with Crippen LogP contribution in [-0.4, -0.2) is 104 Å². The number of ether oxygens (including phenoxy) is 1. The molecular formula is C40H53ClN4O3. The average Bonchev–Trinajstić information content (AvgIpc) is 3.14. The Labute approximate surface area is 292 Å². The second-order valence-corrected chi connectivity index (χ2v) is 14.5. The van der Waals surface area contributed by atoms with Gasteiger partial charge in [-0.15, -0.1) is 0 Å². The van der Waals surface area contributed by atoms with Crippen molar-refractivity contribution in [1.82, 2.24) is 20.0 Å². The van der Waals surface area contributed by atoms with Crippen molar-refractivity contribution in [3.63, 3.8) is 0 Å². The standard InChI is InChI=1S/C40H53ClN4O3/c41-37-14-12-36(13-15-37)40(47)19-24-43(25-20-40)21-7-18-39(34-8-3-1-4-9-34,35-10-5-2-6-11-35)32-42-38(46)33-16-22-44(23-17-33)26-27-45-28-30-48-31-29-45/h1-6,8-15,33,47H,7,16-32H2,(H,42,46). The second-order valence-electron chi connectivity index (χ2n) is 14.1. The lowest BCUT2D eigenvalue weighted by atomic mass is 9.71. The van der Waals surface area contributed by atoms with Crippen LogP contribution in [-0.2, 0) is 20.5 Å². The number of amides is 1. The number of hydrogen-bond donors (Lipinski definition) is 2. The smallest absolute Gasteiger partial charge is 0.223 e. The van der Waals surface area contributed by atoms with Crippen LogP contribution >= 0.6 is 11.6 Å². The number of nitrogens with zero attached hydrogens (tertiary/aromatic N) is 3. The number of piperidine rings is 2. The molecule has 7 nitrogen and oxygen atoms in total. The minimum absolute atomic E-state index is 0.0571. The molecule has 2 N–H and O–H groups in total. The van der Waals surface area contributed by atoms with Gasteiger partial charge in [0.1, 0.15) is 0 Å². The summed E-state index contributed by atoms with van der Waals surface area (Å²) >= 11 is 6.10. The molecule has 6 rings (SSSR count). The number of carbonyl (C=O) groups is 1. The van der Waals surface area contributed by atoms with Crippen molar-refractivity contribution in [2.45, 2.75) is 49.5 Å². The molecule has 3 fully saturated rings. The summed E-state index contributed by atoms with van der Waals surface area (Å²) in [5.41, 5.74) is 2.29. The van der Waals surface area contributed by atoms with Gasteiger partial charge in [-0.3, -0.25) is 9.69 Å². The summed E-state index contributed by atoms with van der Waals surface area (Å²) in [4.78, 5) is 21.2. The SMILES string of the molecule is O=C(NCC(CCCN1CCC(O)(c2ccc(Cl)cc2)CC1)(c1ccccc1)c1ccccc1)C1CCN(CCN2CCOCC2)CC1. The van der Waals surface area contributed by atoms with E-state index in [1.54, 1.807) is 0 Å². The predicted molar refractivity (Wildman–Crippen MR) is 193 cm³/mol. The van der Waals surface area contributed by atoms with E-state index in [-0.39, 0.29) is 17.2 Å². The first-order valence-electron chi connectivity index (χ1n) is 18.1. The molecule has 48 heavy (non-hydrogen) atoms. The Kier molecular flexibility index (Phi) is 12.2. The summed E-state index contributed by atoms with van der Waals surface area (Å²) in [5.74, 6) is 0.248. The predicted octanol–water partition coefficient (Wildman–Crippen LogP) is 5.55. The highest BCUT2D eigenvalue weighted by molar-refractivity contribution is 6.30. The van der Waals surface area contributed by atoms with E-state index < -0.39 is 5.60 Å². The molecule has 0 bridgehead atoms. The zero-order valence-corrected chi connectivity index (χ0v) is 29.1. The van der Waals surface area contributed by atoms with E-state index in [0.29, 0.717) is 24.4 Å². The maximum absolute atomic E-state index is 13.7. The topological polar surface area (TPSA) is 68.3 Å². The number of aliphatic hydroxyl groups is 1. The van der Waals surface area contributed by atoms with Crippen LogP contribution in [0.15, 0.2) is 84.9 Å². The van der Waals surface area contributed by atoms with Crippen LogP contribution in [0.3, 0.4) is 0 Å². The van der Waals surface area contributed by atoms with Gasteiger partial charge >= 0.3 is 0 Å². The van der Waals surface area contributed by atoms with Gasteiger partial charge in [-0.25, -0.2) is 0 Å². The molecule has 3 aromatic carbocycles. The average molecular weight is 673 g/mol. The third-order valence-corrected chi connectivity index (χ3v) is 11.4. The van der Waals surface area contributed by atoms with Crippen LogP contribution in [0.1, 0.15) is 55.2 Å². The first-order chi connectivity index (χ1) is 23.4. The third kappa shape index (κ3) is 8.87. The minimum Gasteiger partial charge on any atom is -0.385 e. The van der Waals surface area contributed by atoms with Crippen molar-refractivity contribution in [2.24, 2.45) is 5.92 Å². The molecule has 0 aromatic heterocycles. The molecule has 3 aromatic rings. The quantitative estimate of drug-likeness (QED) is 0.248. The van der Waals surface area contributed by atoms with E-state index in [1.807, 2.05) is 24.3 Å².